The number of aliphatic carboxylic acids is 1. The summed E-state index contributed by atoms with van der Waals surface area (Å²) in [5.41, 5.74) is 0.974. The zero-order valence-electron chi connectivity index (χ0n) is 14.5. The minimum atomic E-state index is -0.797. The second-order valence-corrected chi connectivity index (χ2v) is 7.34. The van der Waals surface area contributed by atoms with E-state index in [4.69, 9.17) is 4.74 Å². The number of thiophene rings is 1. The number of carboxylic acids is 1. The molecule has 1 heterocycles. The molecule has 0 aliphatic carbocycles. The predicted molar refractivity (Wildman–Crippen MR) is 109 cm³/mol. The fourth-order valence-corrected chi connectivity index (χ4v) is 3.92. The molecule has 4 aromatic rings. The van der Waals surface area contributed by atoms with Crippen molar-refractivity contribution in [3.05, 3.63) is 94.7 Å². The smallest absolute Gasteiger partial charge is 0.312 e. The van der Waals surface area contributed by atoms with Crippen LogP contribution in [-0.4, -0.2) is 11.1 Å². The maximum Gasteiger partial charge on any atom is 0.312 e. The summed E-state index contributed by atoms with van der Waals surface area (Å²) in [5.74, 6) is 0.201. The molecule has 4 rings (SSSR count). The maximum atomic E-state index is 11.6. The van der Waals surface area contributed by atoms with Gasteiger partial charge in [-0.15, -0.1) is 11.3 Å². The van der Waals surface area contributed by atoms with Gasteiger partial charge in [-0.3, -0.25) is 4.79 Å². The molecule has 0 amide bonds. The zero-order chi connectivity index (χ0) is 18.6. The van der Waals surface area contributed by atoms with Crippen LogP contribution in [0.1, 0.15) is 16.4 Å². The monoisotopic (exact) mass is 374 g/mol. The van der Waals surface area contributed by atoms with E-state index in [1.54, 1.807) is 0 Å². The molecule has 3 aromatic carbocycles. The molecule has 0 fully saturated rings. The third kappa shape index (κ3) is 4.01. The number of fused-ring (bicyclic) bond motifs is 1. The molecule has 27 heavy (non-hydrogen) atoms. The highest BCUT2D eigenvalue weighted by Gasteiger charge is 2.21. The number of benzene rings is 3. The number of ether oxygens (including phenoxy) is 1. The Morgan fingerprint density at radius 2 is 1.63 bits per heavy atom. The highest BCUT2D eigenvalue weighted by atomic mass is 32.1. The summed E-state index contributed by atoms with van der Waals surface area (Å²) in [6.45, 7) is 0. The standard InChI is InChI=1S/C23H18O3S/c24-23(25)21(22-6-3-13-27-22)14-16-7-10-19(11-8-16)26-20-12-9-17-4-1-2-5-18(17)15-20/h1-13,15,21H,14H2,(H,24,25). The molecule has 134 valence electrons. The summed E-state index contributed by atoms with van der Waals surface area (Å²) >= 11 is 1.48. The van der Waals surface area contributed by atoms with Gasteiger partial charge < -0.3 is 9.84 Å². The van der Waals surface area contributed by atoms with Gasteiger partial charge in [0.25, 0.3) is 0 Å². The summed E-state index contributed by atoms with van der Waals surface area (Å²) in [6.07, 6.45) is 0.464. The molecule has 0 saturated heterocycles. The Labute approximate surface area is 161 Å². The molecule has 1 N–H and O–H groups in total. The zero-order valence-corrected chi connectivity index (χ0v) is 15.4. The molecule has 0 spiro atoms. The highest BCUT2D eigenvalue weighted by Crippen LogP contribution is 2.28. The molecule has 0 bridgehead atoms. The van der Waals surface area contributed by atoms with Gasteiger partial charge in [0.05, 0.1) is 5.92 Å². The van der Waals surface area contributed by atoms with Crippen LogP contribution in [0.4, 0.5) is 0 Å². The van der Waals surface area contributed by atoms with Gasteiger partial charge >= 0.3 is 5.97 Å². The first-order valence-corrected chi connectivity index (χ1v) is 9.59. The Bertz CT molecular complexity index is 1050. The van der Waals surface area contributed by atoms with E-state index in [9.17, 15) is 9.90 Å². The number of rotatable bonds is 6. The fourth-order valence-electron chi connectivity index (χ4n) is 3.10. The average molecular weight is 374 g/mol. The summed E-state index contributed by atoms with van der Waals surface area (Å²) in [4.78, 5) is 12.5. The third-order valence-corrected chi connectivity index (χ3v) is 5.49. The Morgan fingerprint density at radius 1 is 0.889 bits per heavy atom. The van der Waals surface area contributed by atoms with Crippen molar-refractivity contribution in [1.82, 2.24) is 0 Å². The Hall–Kier alpha value is -3.11. The van der Waals surface area contributed by atoms with E-state index in [0.29, 0.717) is 6.42 Å². The topological polar surface area (TPSA) is 46.5 Å². The first kappa shape index (κ1) is 17.3. The van der Waals surface area contributed by atoms with E-state index in [2.05, 4.69) is 12.1 Å². The van der Waals surface area contributed by atoms with Crippen molar-refractivity contribution in [1.29, 1.82) is 0 Å². The van der Waals surface area contributed by atoms with Gasteiger partial charge in [0.2, 0.25) is 0 Å². The van der Waals surface area contributed by atoms with Crippen LogP contribution in [0.25, 0.3) is 10.8 Å². The molecular formula is C23H18O3S. The molecular weight excluding hydrogens is 356 g/mol. The number of carboxylic acid groups (broad SMARTS) is 1. The van der Waals surface area contributed by atoms with Crippen molar-refractivity contribution in [2.75, 3.05) is 0 Å². The molecule has 0 aliphatic heterocycles. The Morgan fingerprint density at radius 3 is 2.33 bits per heavy atom. The molecule has 3 nitrogen and oxygen atoms in total. The first-order valence-electron chi connectivity index (χ1n) is 8.71. The van der Waals surface area contributed by atoms with Crippen LogP contribution >= 0.6 is 11.3 Å². The third-order valence-electron chi connectivity index (χ3n) is 4.50. The summed E-state index contributed by atoms with van der Waals surface area (Å²) in [7, 11) is 0. The lowest BCUT2D eigenvalue weighted by Crippen LogP contribution is -2.13. The van der Waals surface area contributed by atoms with Crippen LogP contribution in [0.3, 0.4) is 0 Å². The highest BCUT2D eigenvalue weighted by molar-refractivity contribution is 7.10. The van der Waals surface area contributed by atoms with E-state index in [-0.39, 0.29) is 0 Å². The van der Waals surface area contributed by atoms with Gasteiger partial charge in [-0.2, -0.15) is 0 Å². The largest absolute Gasteiger partial charge is 0.481 e. The number of carbonyl (C=O) groups is 1. The van der Waals surface area contributed by atoms with Crippen molar-refractivity contribution in [2.24, 2.45) is 0 Å². The van der Waals surface area contributed by atoms with Crippen LogP contribution in [0.2, 0.25) is 0 Å². The van der Waals surface area contributed by atoms with Gasteiger partial charge in [0.15, 0.2) is 0 Å². The van der Waals surface area contributed by atoms with Crippen molar-refractivity contribution in [2.45, 2.75) is 12.3 Å². The average Bonchev–Trinajstić information content (AvgIpc) is 3.21. The van der Waals surface area contributed by atoms with Crippen LogP contribution in [-0.2, 0) is 11.2 Å². The molecule has 1 aromatic heterocycles. The van der Waals surface area contributed by atoms with E-state index in [1.807, 2.05) is 72.1 Å². The van der Waals surface area contributed by atoms with Crippen LogP contribution in [0.15, 0.2) is 84.2 Å². The van der Waals surface area contributed by atoms with Gasteiger partial charge in [-0.1, -0.05) is 48.5 Å². The molecule has 0 saturated carbocycles. The lowest BCUT2D eigenvalue weighted by Gasteiger charge is -2.12. The van der Waals surface area contributed by atoms with Gasteiger partial charge in [-0.25, -0.2) is 0 Å². The molecule has 1 unspecified atom stereocenters. The summed E-state index contributed by atoms with van der Waals surface area (Å²) in [5, 5.41) is 13.7. The molecule has 0 radical (unpaired) electrons. The number of hydrogen-bond donors (Lipinski definition) is 1. The van der Waals surface area contributed by atoms with Crippen LogP contribution < -0.4 is 4.74 Å². The predicted octanol–water partition coefficient (Wildman–Crippen LogP) is 6.10. The molecule has 0 aliphatic rings. The first-order chi connectivity index (χ1) is 13.2. The fraction of sp³-hybridized carbons (Fsp3) is 0.0870. The van der Waals surface area contributed by atoms with Gasteiger partial charge in [-0.05, 0) is 58.5 Å². The summed E-state index contributed by atoms with van der Waals surface area (Å²) in [6, 6.07) is 25.6. The van der Waals surface area contributed by atoms with Crippen molar-refractivity contribution in [3.63, 3.8) is 0 Å². The van der Waals surface area contributed by atoms with Crippen LogP contribution in [0.5, 0.6) is 11.5 Å². The lowest BCUT2D eigenvalue weighted by atomic mass is 9.98. The minimum absolute atomic E-state index is 0.464. The number of hydrogen-bond acceptors (Lipinski definition) is 3. The Kier molecular flexibility index (Phi) is 4.90. The van der Waals surface area contributed by atoms with Crippen molar-refractivity contribution >= 4 is 28.1 Å². The van der Waals surface area contributed by atoms with Crippen LogP contribution in [0, 0.1) is 0 Å². The molecule has 4 heteroatoms. The SMILES string of the molecule is O=C(O)C(Cc1ccc(Oc2ccc3ccccc3c2)cc1)c1cccs1. The molecule has 1 atom stereocenters. The summed E-state index contributed by atoms with van der Waals surface area (Å²) < 4.78 is 5.95. The van der Waals surface area contributed by atoms with E-state index >= 15 is 0 Å². The van der Waals surface area contributed by atoms with E-state index in [0.717, 1.165) is 27.3 Å². The Balaban J connectivity index is 1.48. The maximum absolute atomic E-state index is 11.6. The normalized spacial score (nSPS) is 12.0. The second-order valence-electron chi connectivity index (χ2n) is 6.37. The van der Waals surface area contributed by atoms with Gasteiger partial charge in [0.1, 0.15) is 11.5 Å². The van der Waals surface area contributed by atoms with E-state index < -0.39 is 11.9 Å². The minimum Gasteiger partial charge on any atom is -0.481 e. The van der Waals surface area contributed by atoms with Crippen molar-refractivity contribution in [3.8, 4) is 11.5 Å². The second kappa shape index (κ2) is 7.64. The quantitative estimate of drug-likeness (QED) is 0.443. The van der Waals surface area contributed by atoms with E-state index in [1.165, 1.54) is 16.7 Å². The van der Waals surface area contributed by atoms with Crippen molar-refractivity contribution < 1.29 is 14.6 Å². The lowest BCUT2D eigenvalue weighted by molar-refractivity contribution is -0.138. The van der Waals surface area contributed by atoms with Gasteiger partial charge in [0, 0.05) is 4.88 Å².